The SMILES string of the molecule is Cc1sc(C)c(CNC(C)C)c1CNC(C)C.Cl. The van der Waals surface area contributed by atoms with Gasteiger partial charge in [0.2, 0.25) is 0 Å². The van der Waals surface area contributed by atoms with E-state index in [1.54, 1.807) is 0 Å². The molecule has 0 spiro atoms. The smallest absolute Gasteiger partial charge is 0.0222 e. The highest BCUT2D eigenvalue weighted by molar-refractivity contribution is 7.12. The minimum Gasteiger partial charge on any atom is -0.310 e. The van der Waals surface area contributed by atoms with Gasteiger partial charge in [0.1, 0.15) is 0 Å². The molecule has 0 bridgehead atoms. The zero-order valence-corrected chi connectivity index (χ0v) is 14.0. The van der Waals surface area contributed by atoms with Crippen molar-refractivity contribution < 1.29 is 0 Å². The fourth-order valence-electron chi connectivity index (χ4n) is 1.85. The molecule has 1 heterocycles. The highest BCUT2D eigenvalue weighted by Gasteiger charge is 2.13. The first-order valence-corrected chi connectivity index (χ1v) is 7.28. The first-order valence-electron chi connectivity index (χ1n) is 6.46. The molecule has 1 rings (SSSR count). The zero-order valence-electron chi connectivity index (χ0n) is 12.4. The molecule has 0 saturated carbocycles. The maximum atomic E-state index is 3.52. The summed E-state index contributed by atoms with van der Waals surface area (Å²) in [6.07, 6.45) is 0. The molecular formula is C14H27ClN2S. The van der Waals surface area contributed by atoms with Crippen LogP contribution in [-0.2, 0) is 13.1 Å². The van der Waals surface area contributed by atoms with Crippen molar-refractivity contribution in [3.05, 3.63) is 20.9 Å². The Morgan fingerprint density at radius 2 is 1.17 bits per heavy atom. The Kier molecular flexibility index (Phi) is 8.11. The molecule has 0 amide bonds. The molecule has 0 saturated heterocycles. The fraction of sp³-hybridized carbons (Fsp3) is 0.714. The summed E-state index contributed by atoms with van der Waals surface area (Å²) in [7, 11) is 0. The van der Waals surface area contributed by atoms with Crippen LogP contribution in [0, 0.1) is 13.8 Å². The van der Waals surface area contributed by atoms with Crippen LogP contribution in [0.4, 0.5) is 0 Å². The molecule has 0 fully saturated rings. The number of halogens is 1. The van der Waals surface area contributed by atoms with E-state index in [2.05, 4.69) is 52.2 Å². The molecule has 2 nitrogen and oxygen atoms in total. The normalized spacial score (nSPS) is 11.1. The third kappa shape index (κ3) is 5.27. The van der Waals surface area contributed by atoms with Crippen molar-refractivity contribution >= 4 is 23.7 Å². The Labute approximate surface area is 122 Å². The molecule has 0 radical (unpaired) electrons. The highest BCUT2D eigenvalue weighted by atomic mass is 35.5. The van der Waals surface area contributed by atoms with Gasteiger partial charge in [-0.1, -0.05) is 27.7 Å². The lowest BCUT2D eigenvalue weighted by molar-refractivity contribution is 0.567. The number of hydrogen-bond acceptors (Lipinski definition) is 3. The van der Waals surface area contributed by atoms with Crippen LogP contribution in [0.2, 0.25) is 0 Å². The van der Waals surface area contributed by atoms with Gasteiger partial charge in [0, 0.05) is 34.9 Å². The molecule has 18 heavy (non-hydrogen) atoms. The minimum atomic E-state index is 0. The second kappa shape index (κ2) is 8.16. The first kappa shape index (κ1) is 17.9. The first-order chi connectivity index (χ1) is 7.91. The van der Waals surface area contributed by atoms with Crippen molar-refractivity contribution in [2.45, 2.75) is 66.7 Å². The predicted octanol–water partition coefficient (Wildman–Crippen LogP) is 3.78. The summed E-state index contributed by atoms with van der Waals surface area (Å²) in [5, 5.41) is 7.05. The van der Waals surface area contributed by atoms with Gasteiger partial charge in [-0.25, -0.2) is 0 Å². The van der Waals surface area contributed by atoms with Crippen LogP contribution in [0.5, 0.6) is 0 Å². The molecule has 1 aromatic heterocycles. The molecular weight excluding hydrogens is 264 g/mol. The van der Waals surface area contributed by atoms with Gasteiger partial charge in [0.25, 0.3) is 0 Å². The summed E-state index contributed by atoms with van der Waals surface area (Å²) in [5.74, 6) is 0. The van der Waals surface area contributed by atoms with E-state index in [1.165, 1.54) is 20.9 Å². The van der Waals surface area contributed by atoms with E-state index >= 15 is 0 Å². The van der Waals surface area contributed by atoms with E-state index in [0.29, 0.717) is 12.1 Å². The van der Waals surface area contributed by atoms with Crippen molar-refractivity contribution in [2.75, 3.05) is 0 Å². The summed E-state index contributed by atoms with van der Waals surface area (Å²) in [6, 6.07) is 1.08. The topological polar surface area (TPSA) is 24.1 Å². The molecule has 0 atom stereocenters. The van der Waals surface area contributed by atoms with E-state index < -0.39 is 0 Å². The average Bonchev–Trinajstić information content (AvgIpc) is 2.47. The Morgan fingerprint density at radius 3 is 1.44 bits per heavy atom. The lowest BCUT2D eigenvalue weighted by atomic mass is 10.1. The fourth-order valence-corrected chi connectivity index (χ4v) is 2.95. The molecule has 0 aliphatic carbocycles. The van der Waals surface area contributed by atoms with E-state index in [9.17, 15) is 0 Å². The maximum Gasteiger partial charge on any atom is 0.0222 e. The number of nitrogens with one attached hydrogen (secondary N) is 2. The van der Waals surface area contributed by atoms with Crippen LogP contribution >= 0.6 is 23.7 Å². The number of hydrogen-bond donors (Lipinski definition) is 2. The highest BCUT2D eigenvalue weighted by Crippen LogP contribution is 2.27. The van der Waals surface area contributed by atoms with Crippen molar-refractivity contribution in [1.29, 1.82) is 0 Å². The number of rotatable bonds is 6. The van der Waals surface area contributed by atoms with E-state index in [1.807, 2.05) is 11.3 Å². The Hall–Kier alpha value is -0.0900. The van der Waals surface area contributed by atoms with Gasteiger partial charge in [-0.05, 0) is 25.0 Å². The van der Waals surface area contributed by atoms with Gasteiger partial charge in [-0.3, -0.25) is 0 Å². The summed E-state index contributed by atoms with van der Waals surface area (Å²) in [6.45, 7) is 15.2. The third-order valence-electron chi connectivity index (χ3n) is 2.89. The second-order valence-corrected chi connectivity index (χ2v) is 6.67. The molecule has 0 aromatic carbocycles. The maximum absolute atomic E-state index is 3.52. The van der Waals surface area contributed by atoms with Crippen LogP contribution in [0.25, 0.3) is 0 Å². The molecule has 106 valence electrons. The molecule has 0 aliphatic heterocycles. The molecule has 0 unspecified atom stereocenters. The number of thiophene rings is 1. The van der Waals surface area contributed by atoms with Gasteiger partial charge >= 0.3 is 0 Å². The van der Waals surface area contributed by atoms with Crippen LogP contribution in [0.15, 0.2) is 0 Å². The van der Waals surface area contributed by atoms with Gasteiger partial charge < -0.3 is 10.6 Å². The van der Waals surface area contributed by atoms with Crippen molar-refractivity contribution in [3.8, 4) is 0 Å². The van der Waals surface area contributed by atoms with Gasteiger partial charge in [0.05, 0.1) is 0 Å². The molecule has 0 aliphatic rings. The summed E-state index contributed by atoms with van der Waals surface area (Å²) >= 11 is 1.92. The monoisotopic (exact) mass is 290 g/mol. The standard InChI is InChI=1S/C14H26N2S.ClH/c1-9(2)15-7-13-11(5)17-12(6)14(13)8-16-10(3)4;/h9-10,15-16H,7-8H2,1-6H3;1H. The Morgan fingerprint density at radius 1 is 0.833 bits per heavy atom. The second-order valence-electron chi connectivity index (χ2n) is 5.24. The van der Waals surface area contributed by atoms with Crippen molar-refractivity contribution in [2.24, 2.45) is 0 Å². The van der Waals surface area contributed by atoms with E-state index in [0.717, 1.165) is 13.1 Å². The minimum absolute atomic E-state index is 0. The van der Waals surface area contributed by atoms with Crippen LogP contribution in [-0.4, -0.2) is 12.1 Å². The summed E-state index contributed by atoms with van der Waals surface area (Å²) in [4.78, 5) is 2.91. The van der Waals surface area contributed by atoms with Crippen LogP contribution < -0.4 is 10.6 Å². The Balaban J connectivity index is 0.00000289. The van der Waals surface area contributed by atoms with Gasteiger partial charge in [0.15, 0.2) is 0 Å². The van der Waals surface area contributed by atoms with Crippen molar-refractivity contribution in [1.82, 2.24) is 10.6 Å². The summed E-state index contributed by atoms with van der Waals surface area (Å²) < 4.78 is 0. The van der Waals surface area contributed by atoms with E-state index in [4.69, 9.17) is 0 Å². The zero-order chi connectivity index (χ0) is 13.0. The predicted molar refractivity (Wildman–Crippen MR) is 85.0 cm³/mol. The largest absolute Gasteiger partial charge is 0.310 e. The molecule has 1 aromatic rings. The van der Waals surface area contributed by atoms with Gasteiger partial charge in [-0.15, -0.1) is 23.7 Å². The lowest BCUT2D eigenvalue weighted by Crippen LogP contribution is -2.25. The Bertz CT molecular complexity index is 326. The molecule has 2 N–H and O–H groups in total. The van der Waals surface area contributed by atoms with Crippen LogP contribution in [0.3, 0.4) is 0 Å². The third-order valence-corrected chi connectivity index (χ3v) is 4.00. The molecule has 4 heteroatoms. The quantitative estimate of drug-likeness (QED) is 0.833. The van der Waals surface area contributed by atoms with E-state index in [-0.39, 0.29) is 12.4 Å². The number of aryl methyl sites for hydroxylation is 2. The van der Waals surface area contributed by atoms with Crippen LogP contribution in [0.1, 0.15) is 48.6 Å². The lowest BCUT2D eigenvalue weighted by Gasteiger charge is -2.13. The average molecular weight is 291 g/mol. The summed E-state index contributed by atoms with van der Waals surface area (Å²) in [5.41, 5.74) is 2.99. The van der Waals surface area contributed by atoms with Gasteiger partial charge in [-0.2, -0.15) is 0 Å². The van der Waals surface area contributed by atoms with Crippen molar-refractivity contribution in [3.63, 3.8) is 0 Å².